The Kier molecular flexibility index (Phi) is 4.64. The van der Waals surface area contributed by atoms with E-state index >= 15 is 0 Å². The molecule has 1 aromatic heterocycles. The highest BCUT2D eigenvalue weighted by molar-refractivity contribution is 6.30. The summed E-state index contributed by atoms with van der Waals surface area (Å²) in [6.45, 7) is 1.96. The van der Waals surface area contributed by atoms with Crippen molar-refractivity contribution >= 4 is 34.4 Å². The monoisotopic (exact) mass is 433 g/mol. The zero-order valence-electron chi connectivity index (χ0n) is 16.4. The Balaban J connectivity index is 1.69. The molecular formula is C24H16ClNO5. The molecule has 1 amide bonds. The lowest BCUT2D eigenvalue weighted by Crippen LogP contribution is -2.16. The molecule has 0 spiro atoms. The van der Waals surface area contributed by atoms with Crippen molar-refractivity contribution in [3.05, 3.63) is 87.0 Å². The number of benzene rings is 3. The van der Waals surface area contributed by atoms with Crippen molar-refractivity contribution in [2.24, 2.45) is 0 Å². The molecule has 3 aromatic carbocycles. The number of carbonyl (C=O) groups excluding carboxylic acids is 1. The maximum Gasteiger partial charge on any atom is 0.257 e. The van der Waals surface area contributed by atoms with Crippen LogP contribution in [0.25, 0.3) is 22.1 Å². The fourth-order valence-corrected chi connectivity index (χ4v) is 3.66. The maximum absolute atomic E-state index is 13.5. The molecule has 0 unspecified atom stereocenters. The third-order valence-corrected chi connectivity index (χ3v) is 5.36. The zero-order valence-corrected chi connectivity index (χ0v) is 17.2. The number of hydrogen-bond donors (Lipinski definition) is 1. The number of anilines is 1. The van der Waals surface area contributed by atoms with Gasteiger partial charge in [0, 0.05) is 10.6 Å². The summed E-state index contributed by atoms with van der Waals surface area (Å²) in [6.07, 6.45) is 0. The lowest BCUT2D eigenvalue weighted by Gasteiger charge is -2.13. The first-order chi connectivity index (χ1) is 15.0. The summed E-state index contributed by atoms with van der Waals surface area (Å²) in [5.41, 5.74) is 2.12. The standard InChI is InChI=1S/C24H16ClNO5/c1-13-3-2-4-17-21(27)20(15-7-10-18-19(11-15)30-12-29-18)24(31-22(13)17)26-23(28)14-5-8-16(25)9-6-14/h2-11H,12H2,1H3,(H,26,28). The largest absolute Gasteiger partial charge is 0.454 e. The van der Waals surface area contributed by atoms with Gasteiger partial charge in [-0.05, 0) is 60.5 Å². The molecular weight excluding hydrogens is 418 g/mol. The first-order valence-corrected chi connectivity index (χ1v) is 9.92. The third kappa shape index (κ3) is 3.41. The smallest absolute Gasteiger partial charge is 0.257 e. The van der Waals surface area contributed by atoms with E-state index in [-0.39, 0.29) is 23.7 Å². The summed E-state index contributed by atoms with van der Waals surface area (Å²) in [5, 5.41) is 3.70. The predicted molar refractivity (Wildman–Crippen MR) is 118 cm³/mol. The Bertz CT molecular complexity index is 1390. The molecule has 0 saturated carbocycles. The van der Waals surface area contributed by atoms with Crippen LogP contribution in [0.1, 0.15) is 15.9 Å². The van der Waals surface area contributed by atoms with Crippen molar-refractivity contribution in [1.82, 2.24) is 0 Å². The van der Waals surface area contributed by atoms with Crippen molar-refractivity contribution in [1.29, 1.82) is 0 Å². The molecule has 2 heterocycles. The van der Waals surface area contributed by atoms with Gasteiger partial charge < -0.3 is 13.9 Å². The number of nitrogens with one attached hydrogen (secondary N) is 1. The second-order valence-corrected chi connectivity index (χ2v) is 7.55. The van der Waals surface area contributed by atoms with E-state index in [1.807, 2.05) is 13.0 Å². The van der Waals surface area contributed by atoms with E-state index in [2.05, 4.69) is 5.32 Å². The Morgan fingerprint density at radius 1 is 1.00 bits per heavy atom. The van der Waals surface area contributed by atoms with Gasteiger partial charge in [-0.15, -0.1) is 0 Å². The Hall–Kier alpha value is -3.77. The normalized spacial score (nSPS) is 12.2. The highest BCUT2D eigenvalue weighted by atomic mass is 35.5. The third-order valence-electron chi connectivity index (χ3n) is 5.11. The SMILES string of the molecule is Cc1cccc2c(=O)c(-c3ccc4c(c3)OCO4)c(NC(=O)c3ccc(Cl)cc3)oc12. The van der Waals surface area contributed by atoms with Crippen molar-refractivity contribution in [3.63, 3.8) is 0 Å². The zero-order chi connectivity index (χ0) is 21.5. The van der Waals surface area contributed by atoms with Crippen LogP contribution in [0.4, 0.5) is 5.88 Å². The van der Waals surface area contributed by atoms with E-state index in [0.29, 0.717) is 38.6 Å². The number of ether oxygens (including phenoxy) is 2. The molecule has 0 saturated heterocycles. The number of aryl methyl sites for hydroxylation is 1. The Morgan fingerprint density at radius 3 is 2.58 bits per heavy atom. The van der Waals surface area contributed by atoms with Crippen LogP contribution in [-0.4, -0.2) is 12.7 Å². The van der Waals surface area contributed by atoms with Crippen molar-refractivity contribution in [2.75, 3.05) is 12.1 Å². The second kappa shape index (κ2) is 7.49. The van der Waals surface area contributed by atoms with Crippen LogP contribution >= 0.6 is 11.6 Å². The fraction of sp³-hybridized carbons (Fsp3) is 0.0833. The fourth-order valence-electron chi connectivity index (χ4n) is 3.54. The molecule has 0 bridgehead atoms. The molecule has 6 nitrogen and oxygen atoms in total. The molecule has 7 heteroatoms. The van der Waals surface area contributed by atoms with E-state index in [1.54, 1.807) is 54.6 Å². The lowest BCUT2D eigenvalue weighted by molar-refractivity contribution is 0.102. The van der Waals surface area contributed by atoms with E-state index in [1.165, 1.54) is 0 Å². The van der Waals surface area contributed by atoms with Crippen molar-refractivity contribution in [3.8, 4) is 22.6 Å². The summed E-state index contributed by atoms with van der Waals surface area (Å²) in [6, 6.07) is 16.9. The molecule has 0 fully saturated rings. The first-order valence-electron chi connectivity index (χ1n) is 9.54. The number of fused-ring (bicyclic) bond motifs is 2. The molecule has 154 valence electrons. The highest BCUT2D eigenvalue weighted by Crippen LogP contribution is 2.38. The summed E-state index contributed by atoms with van der Waals surface area (Å²) in [5.74, 6) is 0.757. The van der Waals surface area contributed by atoms with Gasteiger partial charge in [0.05, 0.1) is 10.9 Å². The Labute approximate surface area is 182 Å². The minimum Gasteiger partial charge on any atom is -0.454 e. The van der Waals surface area contributed by atoms with Crippen LogP contribution in [-0.2, 0) is 0 Å². The summed E-state index contributed by atoms with van der Waals surface area (Å²) >= 11 is 5.92. The number of carbonyl (C=O) groups is 1. The van der Waals surface area contributed by atoms with Crippen LogP contribution in [0.15, 0.2) is 69.9 Å². The number of para-hydroxylation sites is 1. The summed E-state index contributed by atoms with van der Waals surface area (Å²) in [4.78, 5) is 26.3. The second-order valence-electron chi connectivity index (χ2n) is 7.12. The van der Waals surface area contributed by atoms with Gasteiger partial charge in [0.1, 0.15) is 5.58 Å². The number of rotatable bonds is 3. The maximum atomic E-state index is 13.5. The van der Waals surface area contributed by atoms with Gasteiger partial charge in [-0.2, -0.15) is 0 Å². The van der Waals surface area contributed by atoms with Gasteiger partial charge in [0.2, 0.25) is 18.1 Å². The van der Waals surface area contributed by atoms with Gasteiger partial charge in [0.25, 0.3) is 5.91 Å². The average Bonchev–Trinajstić information content (AvgIpc) is 3.23. The molecule has 5 rings (SSSR count). The molecule has 1 aliphatic rings. The van der Waals surface area contributed by atoms with E-state index in [9.17, 15) is 9.59 Å². The molecule has 0 radical (unpaired) electrons. The lowest BCUT2D eigenvalue weighted by atomic mass is 10.0. The minimum absolute atomic E-state index is 0.0608. The molecule has 1 N–H and O–H groups in total. The number of hydrogen-bond acceptors (Lipinski definition) is 5. The van der Waals surface area contributed by atoms with E-state index < -0.39 is 5.91 Å². The van der Waals surface area contributed by atoms with Crippen LogP contribution in [0.2, 0.25) is 5.02 Å². The van der Waals surface area contributed by atoms with Gasteiger partial charge in [-0.25, -0.2) is 0 Å². The average molecular weight is 434 g/mol. The highest BCUT2D eigenvalue weighted by Gasteiger charge is 2.22. The number of halogens is 1. The van der Waals surface area contributed by atoms with Crippen LogP contribution in [0, 0.1) is 6.92 Å². The van der Waals surface area contributed by atoms with Gasteiger partial charge in [-0.3, -0.25) is 14.9 Å². The van der Waals surface area contributed by atoms with Gasteiger partial charge in [-0.1, -0.05) is 29.8 Å². The van der Waals surface area contributed by atoms with Gasteiger partial charge in [0.15, 0.2) is 11.5 Å². The molecule has 1 aliphatic heterocycles. The minimum atomic E-state index is -0.422. The van der Waals surface area contributed by atoms with Crippen LogP contribution < -0.4 is 20.2 Å². The van der Waals surface area contributed by atoms with Crippen molar-refractivity contribution < 1.29 is 18.7 Å². The Morgan fingerprint density at radius 2 is 1.77 bits per heavy atom. The summed E-state index contributed by atoms with van der Waals surface area (Å²) < 4.78 is 16.9. The first kappa shape index (κ1) is 19.2. The molecule has 0 atom stereocenters. The molecule has 31 heavy (non-hydrogen) atoms. The summed E-state index contributed by atoms with van der Waals surface area (Å²) in [7, 11) is 0. The van der Waals surface area contributed by atoms with Crippen molar-refractivity contribution in [2.45, 2.75) is 6.92 Å². The number of amides is 1. The van der Waals surface area contributed by atoms with Crippen LogP contribution in [0.3, 0.4) is 0 Å². The molecule has 0 aliphatic carbocycles. The van der Waals surface area contributed by atoms with Crippen LogP contribution in [0.5, 0.6) is 11.5 Å². The predicted octanol–water partition coefficient (Wildman–Crippen LogP) is 5.40. The van der Waals surface area contributed by atoms with E-state index in [4.69, 9.17) is 25.5 Å². The molecule has 4 aromatic rings. The topological polar surface area (TPSA) is 77.8 Å². The quantitative estimate of drug-likeness (QED) is 0.468. The van der Waals surface area contributed by atoms with Gasteiger partial charge >= 0.3 is 0 Å². The van der Waals surface area contributed by atoms with E-state index in [0.717, 1.165) is 5.56 Å².